The van der Waals surface area contributed by atoms with E-state index in [1.807, 2.05) is 32.0 Å². The van der Waals surface area contributed by atoms with Gasteiger partial charge in [0, 0.05) is 29.5 Å². The Morgan fingerprint density at radius 2 is 2.19 bits per heavy atom. The maximum atomic E-state index is 12.1. The van der Waals surface area contributed by atoms with Crippen LogP contribution in [-0.2, 0) is 15.5 Å². The summed E-state index contributed by atoms with van der Waals surface area (Å²) in [4.78, 5) is 0.843. The lowest BCUT2D eigenvalue weighted by Gasteiger charge is -2.11. The lowest BCUT2D eigenvalue weighted by atomic mass is 10.2. The molecule has 1 aromatic rings. The Bertz CT molecular complexity index is 379. The first-order valence-corrected chi connectivity index (χ1v) is 6.53. The fourth-order valence-corrected chi connectivity index (χ4v) is 2.67. The molecule has 0 aliphatic rings. The van der Waals surface area contributed by atoms with Gasteiger partial charge in [-0.2, -0.15) is 0 Å². The molecule has 0 heterocycles. The molecule has 0 aliphatic heterocycles. The fourth-order valence-electron chi connectivity index (χ4n) is 1.40. The first-order chi connectivity index (χ1) is 7.56. The van der Waals surface area contributed by atoms with Crippen molar-refractivity contribution in [1.82, 2.24) is 0 Å². The molecule has 2 unspecified atom stereocenters. The van der Waals surface area contributed by atoms with Crippen LogP contribution in [0.15, 0.2) is 23.1 Å². The summed E-state index contributed by atoms with van der Waals surface area (Å²) in [7, 11) is 0.672. The molecule has 0 amide bonds. The van der Waals surface area contributed by atoms with Crippen LogP contribution in [0.25, 0.3) is 0 Å². The number of nitrogen functional groups attached to an aromatic ring is 1. The summed E-state index contributed by atoms with van der Waals surface area (Å²) in [6.45, 7) is 4.54. The highest BCUT2D eigenvalue weighted by Gasteiger charge is 2.13. The predicted molar refractivity (Wildman–Crippen MR) is 68.0 cm³/mol. The quantitative estimate of drug-likeness (QED) is 0.803. The minimum Gasteiger partial charge on any atom is -0.399 e. The van der Waals surface area contributed by atoms with Crippen molar-refractivity contribution in [1.29, 1.82) is 0 Å². The standard InChI is InChI=1S/C12H19NO2S/c1-9-8-11(4-5-12(9)13)16(14)10(2)6-7-15-3/h4-5,8,10H,6-7,13H2,1-3H3. The molecule has 0 radical (unpaired) electrons. The molecular formula is C12H19NO2S. The first-order valence-electron chi connectivity index (χ1n) is 5.32. The number of methoxy groups -OCH3 is 1. The van der Waals surface area contributed by atoms with Gasteiger partial charge in [-0.3, -0.25) is 4.21 Å². The van der Waals surface area contributed by atoms with Gasteiger partial charge in [0.05, 0.1) is 10.8 Å². The lowest BCUT2D eigenvalue weighted by Crippen LogP contribution is -2.13. The Hall–Kier alpha value is -0.870. The molecule has 0 saturated heterocycles. The minimum atomic E-state index is -0.984. The highest BCUT2D eigenvalue weighted by molar-refractivity contribution is 7.85. The smallest absolute Gasteiger partial charge is 0.0559 e. The van der Waals surface area contributed by atoms with Gasteiger partial charge in [-0.1, -0.05) is 6.92 Å². The summed E-state index contributed by atoms with van der Waals surface area (Å²) >= 11 is 0. The van der Waals surface area contributed by atoms with Gasteiger partial charge in [0.1, 0.15) is 0 Å². The molecule has 0 bridgehead atoms. The van der Waals surface area contributed by atoms with Gasteiger partial charge >= 0.3 is 0 Å². The van der Waals surface area contributed by atoms with Gasteiger partial charge < -0.3 is 10.5 Å². The normalized spacial score (nSPS) is 14.7. The van der Waals surface area contributed by atoms with Crippen LogP contribution in [0.2, 0.25) is 0 Å². The summed E-state index contributed by atoms with van der Waals surface area (Å²) in [5, 5.41) is 0.1000. The van der Waals surface area contributed by atoms with Crippen molar-refractivity contribution < 1.29 is 8.95 Å². The fraction of sp³-hybridized carbons (Fsp3) is 0.500. The second kappa shape index (κ2) is 6.01. The highest BCUT2D eigenvalue weighted by Crippen LogP contribution is 2.19. The van der Waals surface area contributed by atoms with E-state index >= 15 is 0 Å². The zero-order valence-electron chi connectivity index (χ0n) is 10.0. The Kier molecular flexibility index (Phi) is 4.96. The molecule has 2 atom stereocenters. The Labute approximate surface area is 99.4 Å². The van der Waals surface area contributed by atoms with Crippen molar-refractivity contribution in [3.8, 4) is 0 Å². The molecule has 0 spiro atoms. The monoisotopic (exact) mass is 241 g/mol. The number of hydrogen-bond acceptors (Lipinski definition) is 3. The topological polar surface area (TPSA) is 52.3 Å². The van der Waals surface area contributed by atoms with Crippen LogP contribution in [0.4, 0.5) is 5.69 Å². The van der Waals surface area contributed by atoms with E-state index in [0.29, 0.717) is 6.61 Å². The van der Waals surface area contributed by atoms with Crippen molar-refractivity contribution >= 4 is 16.5 Å². The molecule has 0 fully saturated rings. The average molecular weight is 241 g/mol. The molecule has 1 aromatic carbocycles. The molecule has 0 saturated carbocycles. The van der Waals surface area contributed by atoms with Crippen molar-refractivity contribution in [2.45, 2.75) is 30.4 Å². The van der Waals surface area contributed by atoms with Crippen molar-refractivity contribution in [3.63, 3.8) is 0 Å². The Morgan fingerprint density at radius 1 is 1.50 bits per heavy atom. The van der Waals surface area contributed by atoms with Gasteiger partial charge in [0.25, 0.3) is 0 Å². The average Bonchev–Trinajstić information content (AvgIpc) is 2.28. The van der Waals surface area contributed by atoms with Crippen LogP contribution >= 0.6 is 0 Å². The zero-order chi connectivity index (χ0) is 12.1. The summed E-state index contributed by atoms with van der Waals surface area (Å²) in [5.41, 5.74) is 7.44. The van der Waals surface area contributed by atoms with E-state index in [4.69, 9.17) is 10.5 Å². The molecule has 0 aliphatic carbocycles. The maximum absolute atomic E-state index is 12.1. The lowest BCUT2D eigenvalue weighted by molar-refractivity contribution is 0.195. The van der Waals surface area contributed by atoms with E-state index in [9.17, 15) is 4.21 Å². The van der Waals surface area contributed by atoms with E-state index < -0.39 is 10.8 Å². The van der Waals surface area contributed by atoms with Gasteiger partial charge in [0.15, 0.2) is 0 Å². The van der Waals surface area contributed by atoms with Crippen LogP contribution in [-0.4, -0.2) is 23.2 Å². The van der Waals surface area contributed by atoms with E-state index in [0.717, 1.165) is 22.6 Å². The predicted octanol–water partition coefficient (Wildman–Crippen LogP) is 2.11. The third-order valence-electron chi connectivity index (χ3n) is 2.57. The maximum Gasteiger partial charge on any atom is 0.0559 e. The van der Waals surface area contributed by atoms with Gasteiger partial charge in [0.2, 0.25) is 0 Å². The van der Waals surface area contributed by atoms with Gasteiger partial charge in [-0.05, 0) is 37.1 Å². The van der Waals surface area contributed by atoms with Crippen LogP contribution in [0, 0.1) is 6.92 Å². The molecule has 4 heteroatoms. The third-order valence-corrected chi connectivity index (χ3v) is 4.25. The third kappa shape index (κ3) is 3.32. The van der Waals surface area contributed by atoms with Crippen molar-refractivity contribution in [2.75, 3.05) is 19.5 Å². The number of benzene rings is 1. The second-order valence-corrected chi connectivity index (χ2v) is 5.78. The molecule has 1 rings (SSSR count). The van der Waals surface area contributed by atoms with E-state index in [1.165, 1.54) is 0 Å². The SMILES string of the molecule is COCCC(C)S(=O)c1ccc(N)c(C)c1. The van der Waals surface area contributed by atoms with E-state index in [2.05, 4.69) is 0 Å². The molecule has 2 N–H and O–H groups in total. The van der Waals surface area contributed by atoms with E-state index in [1.54, 1.807) is 7.11 Å². The summed E-state index contributed by atoms with van der Waals surface area (Å²) in [5.74, 6) is 0. The van der Waals surface area contributed by atoms with Crippen LogP contribution < -0.4 is 5.73 Å². The first kappa shape index (κ1) is 13.2. The molecular weight excluding hydrogens is 222 g/mol. The van der Waals surface area contributed by atoms with Crippen LogP contribution in [0.1, 0.15) is 18.9 Å². The Balaban J connectivity index is 2.76. The number of rotatable bonds is 5. The highest BCUT2D eigenvalue weighted by atomic mass is 32.2. The second-order valence-electron chi connectivity index (χ2n) is 3.91. The molecule has 0 aromatic heterocycles. The summed E-state index contributed by atoms with van der Waals surface area (Å²) in [6, 6.07) is 5.54. The number of anilines is 1. The van der Waals surface area contributed by atoms with Gasteiger partial charge in [-0.15, -0.1) is 0 Å². The van der Waals surface area contributed by atoms with Crippen LogP contribution in [0.3, 0.4) is 0 Å². The van der Waals surface area contributed by atoms with Crippen LogP contribution in [0.5, 0.6) is 0 Å². The van der Waals surface area contributed by atoms with E-state index in [-0.39, 0.29) is 5.25 Å². The number of hydrogen-bond donors (Lipinski definition) is 1. The summed E-state index contributed by atoms with van der Waals surface area (Å²) in [6.07, 6.45) is 0.798. The largest absolute Gasteiger partial charge is 0.399 e. The Morgan fingerprint density at radius 3 is 2.75 bits per heavy atom. The van der Waals surface area contributed by atoms with Crippen molar-refractivity contribution in [2.24, 2.45) is 0 Å². The number of ether oxygens (including phenoxy) is 1. The molecule has 90 valence electrons. The molecule has 3 nitrogen and oxygen atoms in total. The number of aryl methyl sites for hydroxylation is 1. The van der Waals surface area contributed by atoms with Gasteiger partial charge in [-0.25, -0.2) is 0 Å². The van der Waals surface area contributed by atoms with Crippen molar-refractivity contribution in [3.05, 3.63) is 23.8 Å². The number of nitrogens with two attached hydrogens (primary N) is 1. The zero-order valence-corrected chi connectivity index (χ0v) is 10.8. The molecule has 16 heavy (non-hydrogen) atoms. The minimum absolute atomic E-state index is 0.1000. The summed E-state index contributed by atoms with van der Waals surface area (Å²) < 4.78 is 17.1.